The third-order valence-corrected chi connectivity index (χ3v) is 4.34. The van der Waals surface area contributed by atoms with Gasteiger partial charge in [-0.05, 0) is 38.0 Å². The Labute approximate surface area is 148 Å². The molecular formula is C19H23ClN2O2. The molecule has 24 heavy (non-hydrogen) atoms. The number of anilines is 1. The van der Waals surface area contributed by atoms with Crippen molar-refractivity contribution in [1.82, 2.24) is 5.32 Å². The van der Waals surface area contributed by atoms with Crippen LogP contribution in [-0.2, 0) is 4.79 Å². The fraction of sp³-hybridized carbons (Fsp3) is 0.316. The first kappa shape index (κ1) is 18.3. The van der Waals surface area contributed by atoms with E-state index in [9.17, 15) is 4.79 Å². The molecule has 0 saturated carbocycles. The van der Waals surface area contributed by atoms with Gasteiger partial charge in [-0.2, -0.15) is 0 Å². The van der Waals surface area contributed by atoms with Gasteiger partial charge in [-0.25, -0.2) is 0 Å². The second-order valence-electron chi connectivity index (χ2n) is 5.81. The number of hydrogen-bond donors (Lipinski definition) is 2. The van der Waals surface area contributed by atoms with Crippen LogP contribution in [0.4, 0.5) is 5.69 Å². The molecule has 0 unspecified atom stereocenters. The molecule has 0 heterocycles. The lowest BCUT2D eigenvalue weighted by atomic mass is 10.1. The zero-order chi connectivity index (χ0) is 17.7. The van der Waals surface area contributed by atoms with Crippen LogP contribution in [0.15, 0.2) is 42.5 Å². The van der Waals surface area contributed by atoms with Gasteiger partial charge in [0.25, 0.3) is 0 Å². The number of nitrogens with one attached hydrogen (secondary N) is 2. The van der Waals surface area contributed by atoms with Crippen molar-refractivity contribution >= 4 is 23.2 Å². The van der Waals surface area contributed by atoms with Crippen molar-refractivity contribution in [2.75, 3.05) is 12.4 Å². The van der Waals surface area contributed by atoms with Crippen LogP contribution in [0.5, 0.6) is 5.75 Å². The van der Waals surface area contributed by atoms with Crippen molar-refractivity contribution in [1.29, 1.82) is 0 Å². The molecule has 1 amide bonds. The van der Waals surface area contributed by atoms with E-state index in [1.165, 1.54) is 0 Å². The third kappa shape index (κ3) is 4.49. The van der Waals surface area contributed by atoms with E-state index in [4.69, 9.17) is 16.3 Å². The lowest BCUT2D eigenvalue weighted by Gasteiger charge is -2.21. The van der Waals surface area contributed by atoms with E-state index in [2.05, 4.69) is 10.6 Å². The summed E-state index contributed by atoms with van der Waals surface area (Å²) < 4.78 is 5.29. The lowest BCUT2D eigenvalue weighted by Crippen LogP contribution is -2.39. The second-order valence-corrected chi connectivity index (χ2v) is 6.22. The molecule has 0 spiro atoms. The topological polar surface area (TPSA) is 50.4 Å². The summed E-state index contributed by atoms with van der Waals surface area (Å²) in [6.07, 6.45) is 0. The van der Waals surface area contributed by atoms with Crippen molar-refractivity contribution < 1.29 is 9.53 Å². The van der Waals surface area contributed by atoms with Crippen LogP contribution in [0.1, 0.15) is 31.0 Å². The summed E-state index contributed by atoms with van der Waals surface area (Å²) >= 11 is 6.10. The maximum absolute atomic E-state index is 12.5. The van der Waals surface area contributed by atoms with E-state index < -0.39 is 0 Å². The SMILES string of the molecule is COc1cc(Cl)c(C)cc1NC(=O)[C@H](C)N[C@H](C)c1ccccc1. The molecule has 0 aliphatic heterocycles. The highest BCUT2D eigenvalue weighted by Crippen LogP contribution is 2.31. The van der Waals surface area contributed by atoms with E-state index in [1.54, 1.807) is 13.2 Å². The molecule has 2 rings (SSSR count). The molecule has 0 saturated heterocycles. The predicted octanol–water partition coefficient (Wildman–Crippen LogP) is 4.33. The molecule has 2 atom stereocenters. The first-order chi connectivity index (χ1) is 11.4. The van der Waals surface area contributed by atoms with Crippen LogP contribution in [0, 0.1) is 6.92 Å². The molecule has 2 N–H and O–H groups in total. The minimum atomic E-state index is -0.360. The Kier molecular flexibility index (Phi) is 6.23. The predicted molar refractivity (Wildman–Crippen MR) is 98.8 cm³/mol. The Morgan fingerprint density at radius 1 is 1.17 bits per heavy atom. The van der Waals surface area contributed by atoms with Crippen LogP contribution in [0.2, 0.25) is 5.02 Å². The zero-order valence-electron chi connectivity index (χ0n) is 14.4. The van der Waals surface area contributed by atoms with E-state index in [-0.39, 0.29) is 18.0 Å². The Morgan fingerprint density at radius 2 is 1.83 bits per heavy atom. The number of carbonyl (C=O) groups excluding carboxylic acids is 1. The summed E-state index contributed by atoms with van der Waals surface area (Å²) in [7, 11) is 1.55. The van der Waals surface area contributed by atoms with Gasteiger partial charge in [-0.3, -0.25) is 10.1 Å². The minimum absolute atomic E-state index is 0.0702. The fourth-order valence-electron chi connectivity index (χ4n) is 2.46. The van der Waals surface area contributed by atoms with Gasteiger partial charge in [0.2, 0.25) is 5.91 Å². The Balaban J connectivity index is 2.05. The molecule has 4 nitrogen and oxygen atoms in total. The maximum Gasteiger partial charge on any atom is 0.241 e. The number of rotatable bonds is 6. The van der Waals surface area contributed by atoms with Crippen LogP contribution in [-0.4, -0.2) is 19.1 Å². The average molecular weight is 347 g/mol. The fourth-order valence-corrected chi connectivity index (χ4v) is 2.61. The normalized spacial score (nSPS) is 13.2. The number of aryl methyl sites for hydroxylation is 1. The molecule has 0 bridgehead atoms. The first-order valence-corrected chi connectivity index (χ1v) is 8.26. The maximum atomic E-state index is 12.5. The molecule has 5 heteroatoms. The molecule has 2 aromatic carbocycles. The van der Waals surface area contributed by atoms with E-state index >= 15 is 0 Å². The van der Waals surface area contributed by atoms with Crippen molar-refractivity contribution in [3.05, 3.63) is 58.6 Å². The summed E-state index contributed by atoms with van der Waals surface area (Å²) in [4.78, 5) is 12.5. The average Bonchev–Trinajstić information content (AvgIpc) is 2.58. The van der Waals surface area contributed by atoms with E-state index in [0.717, 1.165) is 11.1 Å². The molecule has 0 aliphatic rings. The molecule has 0 radical (unpaired) electrons. The molecule has 2 aromatic rings. The van der Waals surface area contributed by atoms with Gasteiger partial charge >= 0.3 is 0 Å². The standard InChI is InChI=1S/C19H23ClN2O2/c1-12-10-17(18(24-4)11-16(12)20)22-19(23)14(3)21-13(2)15-8-6-5-7-9-15/h5-11,13-14,21H,1-4H3,(H,22,23)/t13-,14+/m1/s1. The zero-order valence-corrected chi connectivity index (χ0v) is 15.1. The van der Waals surface area contributed by atoms with Crippen molar-refractivity contribution in [3.8, 4) is 5.75 Å². The van der Waals surface area contributed by atoms with Crippen LogP contribution >= 0.6 is 11.6 Å². The third-order valence-electron chi connectivity index (χ3n) is 3.93. The minimum Gasteiger partial charge on any atom is -0.495 e. The first-order valence-electron chi connectivity index (χ1n) is 7.88. The largest absolute Gasteiger partial charge is 0.495 e. The summed E-state index contributed by atoms with van der Waals surface area (Å²) in [6.45, 7) is 5.76. The molecule has 128 valence electrons. The smallest absolute Gasteiger partial charge is 0.241 e. The summed E-state index contributed by atoms with van der Waals surface area (Å²) in [6, 6.07) is 13.2. The molecule has 0 fully saturated rings. The molecule has 0 aliphatic carbocycles. The lowest BCUT2D eigenvalue weighted by molar-refractivity contribution is -0.117. The van der Waals surface area contributed by atoms with Crippen LogP contribution in [0.3, 0.4) is 0 Å². The van der Waals surface area contributed by atoms with Gasteiger partial charge in [0.1, 0.15) is 5.75 Å². The Bertz CT molecular complexity index is 704. The van der Waals surface area contributed by atoms with Crippen LogP contribution < -0.4 is 15.4 Å². The monoisotopic (exact) mass is 346 g/mol. The number of methoxy groups -OCH3 is 1. The number of benzene rings is 2. The summed E-state index contributed by atoms with van der Waals surface area (Å²) in [5.74, 6) is 0.417. The Hall–Kier alpha value is -2.04. The number of hydrogen-bond acceptors (Lipinski definition) is 3. The Morgan fingerprint density at radius 3 is 2.46 bits per heavy atom. The number of amides is 1. The van der Waals surface area contributed by atoms with E-state index in [0.29, 0.717) is 16.5 Å². The number of ether oxygens (including phenoxy) is 1. The van der Waals surface area contributed by atoms with Crippen LogP contribution in [0.25, 0.3) is 0 Å². The van der Waals surface area contributed by atoms with Gasteiger partial charge in [-0.1, -0.05) is 41.9 Å². The molecular weight excluding hydrogens is 324 g/mol. The molecule has 0 aromatic heterocycles. The highest BCUT2D eigenvalue weighted by Gasteiger charge is 2.18. The van der Waals surface area contributed by atoms with Crippen molar-refractivity contribution in [3.63, 3.8) is 0 Å². The highest BCUT2D eigenvalue weighted by molar-refractivity contribution is 6.31. The van der Waals surface area contributed by atoms with Gasteiger partial charge in [-0.15, -0.1) is 0 Å². The summed E-state index contributed by atoms with van der Waals surface area (Å²) in [5, 5.41) is 6.81. The van der Waals surface area contributed by atoms with Gasteiger partial charge in [0, 0.05) is 17.1 Å². The van der Waals surface area contributed by atoms with Gasteiger partial charge < -0.3 is 10.1 Å². The van der Waals surface area contributed by atoms with Crippen molar-refractivity contribution in [2.45, 2.75) is 32.9 Å². The number of carbonyl (C=O) groups is 1. The quantitative estimate of drug-likeness (QED) is 0.818. The van der Waals surface area contributed by atoms with Crippen molar-refractivity contribution in [2.24, 2.45) is 0 Å². The summed E-state index contributed by atoms with van der Waals surface area (Å²) in [5.41, 5.74) is 2.63. The van der Waals surface area contributed by atoms with Gasteiger partial charge in [0.15, 0.2) is 0 Å². The van der Waals surface area contributed by atoms with Gasteiger partial charge in [0.05, 0.1) is 18.8 Å². The van der Waals surface area contributed by atoms with E-state index in [1.807, 2.05) is 57.2 Å². The second kappa shape index (κ2) is 8.18. The highest BCUT2D eigenvalue weighted by atomic mass is 35.5. The number of halogens is 1.